The molecular formula is C29H32N4O3. The van der Waals surface area contributed by atoms with Gasteiger partial charge in [0, 0.05) is 12.2 Å². The van der Waals surface area contributed by atoms with E-state index in [2.05, 4.69) is 16.0 Å². The van der Waals surface area contributed by atoms with Crippen molar-refractivity contribution >= 4 is 29.1 Å². The third-order valence-electron chi connectivity index (χ3n) is 6.38. The number of carbonyl (C=O) groups excluding carboxylic acids is 3. The van der Waals surface area contributed by atoms with Gasteiger partial charge in [-0.3, -0.25) is 19.3 Å². The van der Waals surface area contributed by atoms with Gasteiger partial charge in [-0.2, -0.15) is 0 Å². The first-order valence-electron chi connectivity index (χ1n) is 12.3. The van der Waals surface area contributed by atoms with E-state index in [0.29, 0.717) is 17.8 Å². The molecule has 4 rings (SSSR count). The van der Waals surface area contributed by atoms with E-state index in [1.807, 2.05) is 72.5 Å². The first-order valence-corrected chi connectivity index (χ1v) is 12.3. The zero-order valence-corrected chi connectivity index (χ0v) is 20.4. The average Bonchev–Trinajstić information content (AvgIpc) is 2.90. The summed E-state index contributed by atoms with van der Waals surface area (Å²) in [6, 6.07) is 25.9. The van der Waals surface area contributed by atoms with E-state index >= 15 is 0 Å². The molecule has 0 saturated carbocycles. The molecule has 0 aliphatic carbocycles. The fraction of sp³-hybridized carbons (Fsp3) is 0.276. The van der Waals surface area contributed by atoms with E-state index in [-0.39, 0.29) is 36.2 Å². The Morgan fingerprint density at radius 2 is 1.56 bits per heavy atom. The van der Waals surface area contributed by atoms with Crippen LogP contribution in [0.4, 0.5) is 11.4 Å². The summed E-state index contributed by atoms with van der Waals surface area (Å²) in [4.78, 5) is 40.6. The van der Waals surface area contributed by atoms with Crippen LogP contribution in [0, 0.1) is 5.92 Å². The fourth-order valence-corrected chi connectivity index (χ4v) is 4.46. The second kappa shape index (κ2) is 12.1. The maximum Gasteiger partial charge on any atom is 0.253 e. The molecular weight excluding hydrogens is 452 g/mol. The second-order valence-corrected chi connectivity index (χ2v) is 9.13. The zero-order chi connectivity index (χ0) is 25.3. The standard InChI is InChI=1S/C29H32N4O3/c1-21(22-11-4-2-5-12-22)30-29(36)25-16-8-9-17-26(25)32-27(34)20-33-18-10-13-23(19-33)28(35)31-24-14-6-3-7-15-24/h2-9,11-12,14-17,21,23H,10,13,18-20H2,1H3,(H,30,36)(H,31,35)(H,32,34). The van der Waals surface area contributed by atoms with E-state index in [1.54, 1.807) is 24.3 Å². The van der Waals surface area contributed by atoms with Crippen LogP contribution < -0.4 is 16.0 Å². The van der Waals surface area contributed by atoms with Crippen molar-refractivity contribution in [3.63, 3.8) is 0 Å². The lowest BCUT2D eigenvalue weighted by Gasteiger charge is -2.31. The van der Waals surface area contributed by atoms with Crippen LogP contribution in [0.25, 0.3) is 0 Å². The Kier molecular flexibility index (Phi) is 8.47. The number of carbonyl (C=O) groups is 3. The van der Waals surface area contributed by atoms with Gasteiger partial charge in [0.05, 0.1) is 29.8 Å². The summed E-state index contributed by atoms with van der Waals surface area (Å²) in [5.41, 5.74) is 2.65. The number of benzene rings is 3. The number of anilines is 2. The Labute approximate surface area is 211 Å². The monoisotopic (exact) mass is 484 g/mol. The lowest BCUT2D eigenvalue weighted by atomic mass is 9.97. The molecule has 3 N–H and O–H groups in total. The fourth-order valence-electron chi connectivity index (χ4n) is 4.46. The molecule has 1 fully saturated rings. The van der Waals surface area contributed by atoms with Gasteiger partial charge in [0.2, 0.25) is 11.8 Å². The summed E-state index contributed by atoms with van der Waals surface area (Å²) in [5, 5.41) is 8.86. The van der Waals surface area contributed by atoms with E-state index in [1.165, 1.54) is 0 Å². The maximum atomic E-state index is 13.0. The Morgan fingerprint density at radius 1 is 0.889 bits per heavy atom. The highest BCUT2D eigenvalue weighted by Gasteiger charge is 2.27. The van der Waals surface area contributed by atoms with Crippen molar-refractivity contribution in [2.45, 2.75) is 25.8 Å². The van der Waals surface area contributed by atoms with Gasteiger partial charge in [-0.15, -0.1) is 0 Å². The van der Waals surface area contributed by atoms with Gasteiger partial charge >= 0.3 is 0 Å². The molecule has 0 aromatic heterocycles. The highest BCUT2D eigenvalue weighted by molar-refractivity contribution is 6.04. The predicted molar refractivity (Wildman–Crippen MR) is 142 cm³/mol. The highest BCUT2D eigenvalue weighted by atomic mass is 16.2. The Balaban J connectivity index is 1.33. The smallest absolute Gasteiger partial charge is 0.253 e. The summed E-state index contributed by atoms with van der Waals surface area (Å²) in [6.45, 7) is 3.35. The minimum absolute atomic E-state index is 0.0270. The van der Waals surface area contributed by atoms with Crippen molar-refractivity contribution in [3.8, 4) is 0 Å². The van der Waals surface area contributed by atoms with Crippen LogP contribution in [0.3, 0.4) is 0 Å². The van der Waals surface area contributed by atoms with Crippen molar-refractivity contribution in [2.75, 3.05) is 30.3 Å². The molecule has 0 spiro atoms. The van der Waals surface area contributed by atoms with Gasteiger partial charge < -0.3 is 16.0 Å². The summed E-state index contributed by atoms with van der Waals surface area (Å²) < 4.78 is 0. The third kappa shape index (κ3) is 6.79. The molecule has 2 unspecified atom stereocenters. The van der Waals surface area contributed by atoms with E-state index < -0.39 is 0 Å². The molecule has 3 aromatic rings. The van der Waals surface area contributed by atoms with Crippen LogP contribution in [-0.2, 0) is 9.59 Å². The molecule has 2 atom stereocenters. The molecule has 3 amide bonds. The van der Waals surface area contributed by atoms with Crippen LogP contribution in [0.5, 0.6) is 0 Å². The molecule has 1 heterocycles. The number of likely N-dealkylation sites (tertiary alicyclic amines) is 1. The van der Waals surface area contributed by atoms with Gasteiger partial charge in [0.15, 0.2) is 0 Å². The van der Waals surface area contributed by atoms with E-state index in [4.69, 9.17) is 0 Å². The molecule has 7 nitrogen and oxygen atoms in total. The SMILES string of the molecule is CC(NC(=O)c1ccccc1NC(=O)CN1CCCC(C(=O)Nc2ccccc2)C1)c1ccccc1. The molecule has 1 aliphatic rings. The average molecular weight is 485 g/mol. The van der Waals surface area contributed by atoms with E-state index in [0.717, 1.165) is 30.6 Å². The van der Waals surface area contributed by atoms with Crippen LogP contribution >= 0.6 is 0 Å². The van der Waals surface area contributed by atoms with Gasteiger partial charge in [-0.05, 0) is 56.1 Å². The van der Waals surface area contributed by atoms with Crippen LogP contribution in [-0.4, -0.2) is 42.3 Å². The Morgan fingerprint density at radius 3 is 2.31 bits per heavy atom. The predicted octanol–water partition coefficient (Wildman–Crippen LogP) is 4.47. The molecule has 186 valence electrons. The molecule has 0 bridgehead atoms. The van der Waals surface area contributed by atoms with Gasteiger partial charge in [-0.25, -0.2) is 0 Å². The molecule has 7 heteroatoms. The quantitative estimate of drug-likeness (QED) is 0.440. The number of piperidine rings is 1. The van der Waals surface area contributed by atoms with E-state index in [9.17, 15) is 14.4 Å². The number of amides is 3. The topological polar surface area (TPSA) is 90.5 Å². The van der Waals surface area contributed by atoms with Crippen molar-refractivity contribution in [2.24, 2.45) is 5.92 Å². The van der Waals surface area contributed by atoms with Crippen molar-refractivity contribution in [3.05, 3.63) is 96.1 Å². The van der Waals surface area contributed by atoms with Crippen molar-refractivity contribution in [1.82, 2.24) is 10.2 Å². The number of hydrogen-bond acceptors (Lipinski definition) is 4. The molecule has 3 aromatic carbocycles. The third-order valence-corrected chi connectivity index (χ3v) is 6.38. The number of rotatable bonds is 8. The highest BCUT2D eigenvalue weighted by Crippen LogP contribution is 2.21. The minimum Gasteiger partial charge on any atom is -0.345 e. The van der Waals surface area contributed by atoms with Crippen LogP contribution in [0.2, 0.25) is 0 Å². The summed E-state index contributed by atoms with van der Waals surface area (Å²) in [5.74, 6) is -0.668. The summed E-state index contributed by atoms with van der Waals surface area (Å²) in [6.07, 6.45) is 1.63. The van der Waals surface area contributed by atoms with Gasteiger partial charge in [0.25, 0.3) is 5.91 Å². The van der Waals surface area contributed by atoms with Crippen molar-refractivity contribution in [1.29, 1.82) is 0 Å². The summed E-state index contributed by atoms with van der Waals surface area (Å²) in [7, 11) is 0. The van der Waals surface area contributed by atoms with Gasteiger partial charge in [0.1, 0.15) is 0 Å². The van der Waals surface area contributed by atoms with Crippen molar-refractivity contribution < 1.29 is 14.4 Å². The van der Waals surface area contributed by atoms with Crippen LogP contribution in [0.1, 0.15) is 41.7 Å². The summed E-state index contributed by atoms with van der Waals surface area (Å²) >= 11 is 0. The lowest BCUT2D eigenvalue weighted by molar-refractivity contribution is -0.123. The number of hydrogen-bond donors (Lipinski definition) is 3. The molecule has 1 aliphatic heterocycles. The Hall–Kier alpha value is -3.97. The normalized spacial score (nSPS) is 16.5. The first kappa shape index (κ1) is 25.1. The Bertz CT molecular complexity index is 1180. The first-order chi connectivity index (χ1) is 17.5. The molecule has 36 heavy (non-hydrogen) atoms. The van der Waals surface area contributed by atoms with Gasteiger partial charge in [-0.1, -0.05) is 60.7 Å². The largest absolute Gasteiger partial charge is 0.345 e. The second-order valence-electron chi connectivity index (χ2n) is 9.13. The zero-order valence-electron chi connectivity index (χ0n) is 20.4. The molecule has 0 radical (unpaired) electrons. The molecule has 1 saturated heterocycles. The lowest BCUT2D eigenvalue weighted by Crippen LogP contribution is -2.44. The number of nitrogens with one attached hydrogen (secondary N) is 3. The maximum absolute atomic E-state index is 13.0. The number of nitrogens with zero attached hydrogens (tertiary/aromatic N) is 1. The minimum atomic E-state index is -0.252. The number of para-hydroxylation sites is 2. The van der Waals surface area contributed by atoms with Crippen LogP contribution in [0.15, 0.2) is 84.9 Å².